The molecule has 0 aliphatic carbocycles. The van der Waals surface area contributed by atoms with E-state index in [4.69, 9.17) is 5.73 Å². The summed E-state index contributed by atoms with van der Waals surface area (Å²) in [7, 11) is 0. The monoisotopic (exact) mass is 538 g/mol. The highest BCUT2D eigenvalue weighted by Gasteiger charge is 2.05. The molecular weight excluding hydrogens is 466 g/mol. The summed E-state index contributed by atoms with van der Waals surface area (Å²) in [4.78, 5) is 10.7. The van der Waals surface area contributed by atoms with Gasteiger partial charge in [0.1, 0.15) is 0 Å². The lowest BCUT2D eigenvalue weighted by atomic mass is 9.96. The number of amides is 1. The number of hydrogen-bond acceptors (Lipinski definition) is 2. The predicted octanol–water partition coefficient (Wildman–Crippen LogP) is 11.2. The minimum Gasteiger partial charge on any atom is -0.396 e. The first kappa shape index (κ1) is 37.4. The fourth-order valence-corrected chi connectivity index (χ4v) is 5.89. The lowest BCUT2D eigenvalue weighted by Gasteiger charge is -2.12. The molecule has 0 bridgehead atoms. The highest BCUT2D eigenvalue weighted by atomic mass is 16.3. The highest BCUT2D eigenvalue weighted by Crippen LogP contribution is 2.18. The van der Waals surface area contributed by atoms with Crippen molar-refractivity contribution in [2.75, 3.05) is 6.61 Å². The van der Waals surface area contributed by atoms with Gasteiger partial charge in [-0.2, -0.15) is 0 Å². The summed E-state index contributed by atoms with van der Waals surface area (Å²) in [6, 6.07) is 0. The number of carbonyl (C=O) groups excluding carboxylic acids is 1. The maximum atomic E-state index is 10.7. The van der Waals surface area contributed by atoms with Gasteiger partial charge in [-0.05, 0) is 25.2 Å². The van der Waals surface area contributed by atoms with E-state index in [2.05, 4.69) is 6.92 Å². The van der Waals surface area contributed by atoms with Gasteiger partial charge in [-0.3, -0.25) is 4.79 Å². The van der Waals surface area contributed by atoms with Crippen LogP contribution in [0.5, 0.6) is 0 Å². The summed E-state index contributed by atoms with van der Waals surface area (Å²) in [6.07, 6.45) is 41.8. The molecule has 0 saturated heterocycles. The van der Waals surface area contributed by atoms with Crippen LogP contribution in [0.3, 0.4) is 0 Å². The summed E-state index contributed by atoms with van der Waals surface area (Å²) >= 11 is 0. The molecule has 0 aromatic heterocycles. The molecule has 1 unspecified atom stereocenters. The Hall–Kier alpha value is -0.570. The molecule has 0 aromatic carbocycles. The van der Waals surface area contributed by atoms with Gasteiger partial charge in [-0.25, -0.2) is 0 Å². The van der Waals surface area contributed by atoms with Crippen molar-refractivity contribution >= 4 is 5.91 Å². The average molecular weight is 538 g/mol. The largest absolute Gasteiger partial charge is 0.396 e. The number of rotatable bonds is 33. The fourth-order valence-electron chi connectivity index (χ4n) is 5.89. The maximum Gasteiger partial charge on any atom is 0.217 e. The molecule has 0 rings (SSSR count). The van der Waals surface area contributed by atoms with Crippen LogP contribution in [0.15, 0.2) is 0 Å². The molecular formula is C35H71NO2. The first-order valence-electron chi connectivity index (χ1n) is 17.6. The van der Waals surface area contributed by atoms with Gasteiger partial charge in [0, 0.05) is 13.0 Å². The Morgan fingerprint density at radius 1 is 0.474 bits per heavy atom. The molecule has 0 aliphatic heterocycles. The Morgan fingerprint density at radius 2 is 0.737 bits per heavy atom. The SMILES string of the molecule is CCCC(CO)CCCCCCCCCCCCCCCCCCCCCCCCCCCCCC(N)=O. The lowest BCUT2D eigenvalue weighted by Crippen LogP contribution is -2.09. The minimum absolute atomic E-state index is 0.151. The Morgan fingerprint density at radius 3 is 0.974 bits per heavy atom. The van der Waals surface area contributed by atoms with Crippen LogP contribution in [0.25, 0.3) is 0 Å². The minimum atomic E-state index is -0.151. The molecule has 1 atom stereocenters. The van der Waals surface area contributed by atoms with Crippen molar-refractivity contribution in [3.63, 3.8) is 0 Å². The van der Waals surface area contributed by atoms with Crippen LogP contribution in [-0.4, -0.2) is 17.6 Å². The second kappa shape index (κ2) is 32.6. The van der Waals surface area contributed by atoms with Gasteiger partial charge in [0.2, 0.25) is 5.91 Å². The van der Waals surface area contributed by atoms with Crippen molar-refractivity contribution < 1.29 is 9.90 Å². The molecule has 0 spiro atoms. The maximum absolute atomic E-state index is 10.7. The van der Waals surface area contributed by atoms with Gasteiger partial charge in [-0.15, -0.1) is 0 Å². The molecule has 3 heteroatoms. The van der Waals surface area contributed by atoms with Crippen LogP contribution < -0.4 is 5.73 Å². The van der Waals surface area contributed by atoms with E-state index in [0.717, 1.165) is 12.8 Å². The van der Waals surface area contributed by atoms with Crippen LogP contribution >= 0.6 is 0 Å². The van der Waals surface area contributed by atoms with E-state index in [9.17, 15) is 9.90 Å². The van der Waals surface area contributed by atoms with Crippen molar-refractivity contribution in [2.45, 2.75) is 206 Å². The fraction of sp³-hybridized carbons (Fsp3) is 0.971. The third-order valence-corrected chi connectivity index (χ3v) is 8.49. The standard InChI is InChI=1S/C35H71NO2/c1-2-30-34(33-37)31-28-26-24-22-20-18-16-14-12-10-8-6-4-3-5-7-9-11-13-15-17-19-21-23-25-27-29-32-35(36)38/h34,37H,2-33H2,1H3,(H2,36,38). The number of aliphatic hydroxyl groups is 1. The number of carbonyl (C=O) groups is 1. The molecule has 0 saturated carbocycles. The number of nitrogens with two attached hydrogens (primary N) is 1. The van der Waals surface area contributed by atoms with E-state index < -0.39 is 0 Å². The molecule has 228 valence electrons. The average Bonchev–Trinajstić information content (AvgIpc) is 2.91. The second-order valence-electron chi connectivity index (χ2n) is 12.4. The zero-order valence-electron chi connectivity index (χ0n) is 26.1. The summed E-state index contributed by atoms with van der Waals surface area (Å²) < 4.78 is 0. The molecule has 0 aromatic rings. The van der Waals surface area contributed by atoms with E-state index in [1.165, 1.54) is 180 Å². The molecule has 0 heterocycles. The van der Waals surface area contributed by atoms with Crippen LogP contribution in [-0.2, 0) is 4.79 Å². The Kier molecular flexibility index (Phi) is 32.2. The Labute approximate surface area is 239 Å². The van der Waals surface area contributed by atoms with Crippen molar-refractivity contribution in [3.8, 4) is 0 Å². The third-order valence-electron chi connectivity index (χ3n) is 8.49. The van der Waals surface area contributed by atoms with E-state index in [1.54, 1.807) is 0 Å². The molecule has 0 aliphatic rings. The van der Waals surface area contributed by atoms with Gasteiger partial charge in [-0.1, -0.05) is 180 Å². The van der Waals surface area contributed by atoms with Crippen LogP contribution in [0.4, 0.5) is 0 Å². The van der Waals surface area contributed by atoms with Crippen molar-refractivity contribution in [1.82, 2.24) is 0 Å². The topological polar surface area (TPSA) is 63.3 Å². The van der Waals surface area contributed by atoms with Crippen molar-refractivity contribution in [3.05, 3.63) is 0 Å². The predicted molar refractivity (Wildman–Crippen MR) is 169 cm³/mol. The van der Waals surface area contributed by atoms with Gasteiger partial charge >= 0.3 is 0 Å². The molecule has 3 nitrogen and oxygen atoms in total. The smallest absolute Gasteiger partial charge is 0.217 e. The number of unbranched alkanes of at least 4 members (excludes halogenated alkanes) is 26. The first-order chi connectivity index (χ1) is 18.7. The Bertz CT molecular complexity index is 453. The summed E-state index contributed by atoms with van der Waals surface area (Å²) in [5, 5.41) is 9.36. The van der Waals surface area contributed by atoms with E-state index in [1.807, 2.05) is 0 Å². The third kappa shape index (κ3) is 31.6. The zero-order valence-corrected chi connectivity index (χ0v) is 26.1. The summed E-state index contributed by atoms with van der Waals surface area (Å²) in [5.74, 6) is 0.409. The molecule has 0 radical (unpaired) electrons. The first-order valence-corrected chi connectivity index (χ1v) is 17.6. The highest BCUT2D eigenvalue weighted by molar-refractivity contribution is 5.73. The lowest BCUT2D eigenvalue weighted by molar-refractivity contribution is -0.118. The zero-order chi connectivity index (χ0) is 27.8. The van der Waals surface area contributed by atoms with E-state index in [-0.39, 0.29) is 5.91 Å². The number of hydrogen-bond donors (Lipinski definition) is 2. The van der Waals surface area contributed by atoms with Crippen molar-refractivity contribution in [1.29, 1.82) is 0 Å². The van der Waals surface area contributed by atoms with E-state index in [0.29, 0.717) is 18.9 Å². The number of primary amides is 1. The van der Waals surface area contributed by atoms with Gasteiger partial charge in [0.05, 0.1) is 0 Å². The van der Waals surface area contributed by atoms with Crippen LogP contribution in [0, 0.1) is 5.92 Å². The van der Waals surface area contributed by atoms with Crippen molar-refractivity contribution in [2.24, 2.45) is 11.7 Å². The number of aliphatic hydroxyl groups excluding tert-OH is 1. The second-order valence-corrected chi connectivity index (χ2v) is 12.4. The van der Waals surface area contributed by atoms with Gasteiger partial charge in [0.15, 0.2) is 0 Å². The van der Waals surface area contributed by atoms with Gasteiger partial charge < -0.3 is 10.8 Å². The molecule has 1 amide bonds. The van der Waals surface area contributed by atoms with Crippen LogP contribution in [0.1, 0.15) is 206 Å². The Balaban J connectivity index is 3.08. The van der Waals surface area contributed by atoms with Gasteiger partial charge in [0.25, 0.3) is 0 Å². The quantitative estimate of drug-likeness (QED) is 0.0817. The normalized spacial score (nSPS) is 12.3. The molecule has 3 N–H and O–H groups in total. The molecule has 0 fully saturated rings. The van der Waals surface area contributed by atoms with Crippen LogP contribution in [0.2, 0.25) is 0 Å². The summed E-state index contributed by atoms with van der Waals surface area (Å²) in [5.41, 5.74) is 5.17. The summed E-state index contributed by atoms with van der Waals surface area (Å²) in [6.45, 7) is 2.61. The van der Waals surface area contributed by atoms with E-state index >= 15 is 0 Å². The molecule has 38 heavy (non-hydrogen) atoms.